The predicted molar refractivity (Wildman–Crippen MR) is 115 cm³/mol. The van der Waals surface area contributed by atoms with Crippen molar-refractivity contribution >= 4 is 34.3 Å². The van der Waals surface area contributed by atoms with Gasteiger partial charge in [0.1, 0.15) is 5.82 Å². The number of fused-ring (bicyclic) bond motifs is 1. The molecule has 2 aromatic carbocycles. The molecule has 0 bridgehead atoms. The van der Waals surface area contributed by atoms with Crippen LogP contribution >= 0.6 is 11.3 Å². The summed E-state index contributed by atoms with van der Waals surface area (Å²) < 4.78 is 19.7. The van der Waals surface area contributed by atoms with Gasteiger partial charge in [-0.15, -0.1) is 11.3 Å². The van der Waals surface area contributed by atoms with Crippen LogP contribution in [0.5, 0.6) is 0 Å². The first-order valence-electron chi connectivity index (χ1n) is 9.54. The third-order valence-electron chi connectivity index (χ3n) is 4.63. The molecule has 0 aliphatic heterocycles. The molecule has 0 aliphatic carbocycles. The van der Waals surface area contributed by atoms with E-state index in [-0.39, 0.29) is 18.1 Å². The van der Waals surface area contributed by atoms with Crippen molar-refractivity contribution in [1.82, 2.24) is 15.4 Å². The molecule has 0 saturated heterocycles. The molecule has 0 aliphatic rings. The van der Waals surface area contributed by atoms with Crippen molar-refractivity contribution in [2.45, 2.75) is 19.4 Å². The predicted octanol–water partition coefficient (Wildman–Crippen LogP) is 3.70. The maximum Gasteiger partial charge on any atom is 0.419 e. The zero-order valence-corrected chi connectivity index (χ0v) is 17.1. The molecular formula is C22H18FN3O4S. The van der Waals surface area contributed by atoms with E-state index in [1.807, 2.05) is 6.07 Å². The molecule has 0 spiro atoms. The van der Waals surface area contributed by atoms with Crippen LogP contribution in [0, 0.1) is 5.82 Å². The first kappa shape index (κ1) is 20.5. The van der Waals surface area contributed by atoms with Crippen LogP contribution in [-0.2, 0) is 11.3 Å². The number of nitrogens with one attached hydrogen (secondary N) is 2. The molecule has 4 aromatic rings. The van der Waals surface area contributed by atoms with Gasteiger partial charge in [0.25, 0.3) is 5.91 Å². The number of nitrogens with zero attached hydrogens (tertiary/aromatic N) is 1. The molecule has 4 rings (SSSR count). The number of carbonyl (C=O) groups excluding carboxylic acids is 2. The number of para-hydroxylation sites is 2. The molecule has 2 aromatic heterocycles. The van der Waals surface area contributed by atoms with E-state index in [1.165, 1.54) is 28.0 Å². The van der Waals surface area contributed by atoms with Crippen molar-refractivity contribution < 1.29 is 18.4 Å². The Morgan fingerprint density at radius 3 is 2.58 bits per heavy atom. The lowest BCUT2D eigenvalue weighted by Gasteiger charge is -2.06. The van der Waals surface area contributed by atoms with Crippen LogP contribution in [0.3, 0.4) is 0 Å². The second kappa shape index (κ2) is 8.97. The van der Waals surface area contributed by atoms with Crippen LogP contribution in [-0.4, -0.2) is 16.4 Å². The molecule has 0 saturated carbocycles. The fourth-order valence-corrected chi connectivity index (χ4v) is 4.01. The van der Waals surface area contributed by atoms with Gasteiger partial charge in [-0.05, 0) is 48.4 Å². The second-order valence-corrected chi connectivity index (χ2v) is 7.85. The lowest BCUT2D eigenvalue weighted by atomic mass is 10.2. The maximum absolute atomic E-state index is 13.0. The molecular weight excluding hydrogens is 421 g/mol. The number of thiophene rings is 1. The fourth-order valence-electron chi connectivity index (χ4n) is 3.10. The first-order valence-corrected chi connectivity index (χ1v) is 10.4. The number of rotatable bonds is 6. The van der Waals surface area contributed by atoms with E-state index in [2.05, 4.69) is 10.9 Å². The summed E-state index contributed by atoms with van der Waals surface area (Å²) in [6, 6.07) is 16.5. The van der Waals surface area contributed by atoms with E-state index in [9.17, 15) is 18.8 Å². The van der Waals surface area contributed by atoms with Crippen LogP contribution in [0.25, 0.3) is 21.5 Å². The van der Waals surface area contributed by atoms with Crippen molar-refractivity contribution in [3.05, 3.63) is 81.9 Å². The topological polar surface area (TPSA) is 93.3 Å². The SMILES string of the molecule is O=C(CCCn1c(=O)oc2ccccc21)NNC(=O)c1ccc(-c2ccc(F)cc2)s1. The lowest BCUT2D eigenvalue weighted by Crippen LogP contribution is -2.41. The van der Waals surface area contributed by atoms with Gasteiger partial charge in [-0.3, -0.25) is 25.0 Å². The van der Waals surface area contributed by atoms with Gasteiger partial charge >= 0.3 is 5.76 Å². The highest BCUT2D eigenvalue weighted by atomic mass is 32.1. The van der Waals surface area contributed by atoms with E-state index in [0.717, 1.165) is 10.4 Å². The molecule has 31 heavy (non-hydrogen) atoms. The van der Waals surface area contributed by atoms with Crippen molar-refractivity contribution in [3.63, 3.8) is 0 Å². The molecule has 0 atom stereocenters. The summed E-state index contributed by atoms with van der Waals surface area (Å²) in [4.78, 5) is 37.5. The number of halogens is 1. The van der Waals surface area contributed by atoms with E-state index in [0.29, 0.717) is 28.9 Å². The molecule has 2 amide bonds. The van der Waals surface area contributed by atoms with Crippen LogP contribution in [0.2, 0.25) is 0 Å². The smallest absolute Gasteiger partial charge is 0.408 e. The Morgan fingerprint density at radius 1 is 1.00 bits per heavy atom. The van der Waals surface area contributed by atoms with Crippen molar-refractivity contribution in [2.75, 3.05) is 0 Å². The number of oxazole rings is 1. The molecule has 7 nitrogen and oxygen atoms in total. The largest absolute Gasteiger partial charge is 0.419 e. The number of carbonyl (C=O) groups is 2. The monoisotopic (exact) mass is 439 g/mol. The summed E-state index contributed by atoms with van der Waals surface area (Å²) in [5.74, 6) is -1.61. The number of aromatic nitrogens is 1. The van der Waals surface area contributed by atoms with Gasteiger partial charge in [0.15, 0.2) is 5.58 Å². The third-order valence-corrected chi connectivity index (χ3v) is 5.77. The highest BCUT2D eigenvalue weighted by Crippen LogP contribution is 2.28. The number of hydrazine groups is 1. The van der Waals surface area contributed by atoms with Gasteiger partial charge in [0.05, 0.1) is 10.4 Å². The number of benzene rings is 2. The molecule has 0 fully saturated rings. The summed E-state index contributed by atoms with van der Waals surface area (Å²) in [6.45, 7) is 0.323. The number of amides is 2. The second-order valence-electron chi connectivity index (χ2n) is 6.76. The summed E-state index contributed by atoms with van der Waals surface area (Å²) >= 11 is 1.24. The van der Waals surface area contributed by atoms with Crippen LogP contribution in [0.4, 0.5) is 4.39 Å². The van der Waals surface area contributed by atoms with Gasteiger partial charge in [-0.1, -0.05) is 24.3 Å². The van der Waals surface area contributed by atoms with E-state index in [4.69, 9.17) is 4.42 Å². The zero-order valence-electron chi connectivity index (χ0n) is 16.3. The molecule has 9 heteroatoms. The van der Waals surface area contributed by atoms with Crippen LogP contribution < -0.4 is 16.6 Å². The Labute approximate surface area is 180 Å². The van der Waals surface area contributed by atoms with Gasteiger partial charge in [0.2, 0.25) is 5.91 Å². The van der Waals surface area contributed by atoms with Crippen molar-refractivity contribution in [3.8, 4) is 10.4 Å². The van der Waals surface area contributed by atoms with E-state index >= 15 is 0 Å². The van der Waals surface area contributed by atoms with Crippen LogP contribution in [0.1, 0.15) is 22.5 Å². The Morgan fingerprint density at radius 2 is 1.77 bits per heavy atom. The van der Waals surface area contributed by atoms with Gasteiger partial charge in [0, 0.05) is 17.8 Å². The lowest BCUT2D eigenvalue weighted by molar-refractivity contribution is -0.122. The number of hydrogen-bond acceptors (Lipinski definition) is 5. The molecule has 2 N–H and O–H groups in total. The van der Waals surface area contributed by atoms with Gasteiger partial charge < -0.3 is 4.42 Å². The third kappa shape index (κ3) is 4.72. The number of hydrogen-bond donors (Lipinski definition) is 2. The molecule has 0 radical (unpaired) electrons. The average molecular weight is 439 g/mol. The average Bonchev–Trinajstić information content (AvgIpc) is 3.38. The molecule has 2 heterocycles. The molecule has 0 unspecified atom stereocenters. The van der Waals surface area contributed by atoms with E-state index in [1.54, 1.807) is 42.5 Å². The number of aryl methyl sites for hydroxylation is 1. The zero-order chi connectivity index (χ0) is 21.8. The standard InChI is InChI=1S/C22H18FN3O4S/c23-15-9-7-14(8-10-15)18-11-12-19(31-18)21(28)25-24-20(27)6-3-13-26-16-4-1-2-5-17(16)30-22(26)29/h1-2,4-5,7-12H,3,6,13H2,(H,24,27)(H,25,28). The molecule has 158 valence electrons. The van der Waals surface area contributed by atoms with Gasteiger partial charge in [-0.2, -0.15) is 0 Å². The Kier molecular flexibility index (Phi) is 5.94. The van der Waals surface area contributed by atoms with Crippen LogP contribution in [0.15, 0.2) is 69.9 Å². The summed E-state index contributed by atoms with van der Waals surface area (Å²) in [5, 5.41) is 0. The Bertz CT molecular complexity index is 1290. The summed E-state index contributed by atoms with van der Waals surface area (Å²) in [5.41, 5.74) is 6.74. The minimum atomic E-state index is -0.468. The minimum Gasteiger partial charge on any atom is -0.408 e. The summed E-state index contributed by atoms with van der Waals surface area (Å²) in [6.07, 6.45) is 0.524. The highest BCUT2D eigenvalue weighted by molar-refractivity contribution is 7.17. The quantitative estimate of drug-likeness (QED) is 0.448. The normalized spacial score (nSPS) is 10.9. The first-order chi connectivity index (χ1) is 15.0. The fraction of sp³-hybridized carbons (Fsp3) is 0.136. The Hall–Kier alpha value is -3.72. The minimum absolute atomic E-state index is 0.123. The highest BCUT2D eigenvalue weighted by Gasteiger charge is 2.12. The van der Waals surface area contributed by atoms with E-state index < -0.39 is 11.7 Å². The summed E-state index contributed by atoms with van der Waals surface area (Å²) in [7, 11) is 0. The van der Waals surface area contributed by atoms with Crippen molar-refractivity contribution in [2.24, 2.45) is 0 Å². The van der Waals surface area contributed by atoms with Gasteiger partial charge in [-0.25, -0.2) is 9.18 Å². The Balaban J connectivity index is 1.27. The van der Waals surface area contributed by atoms with Crippen molar-refractivity contribution in [1.29, 1.82) is 0 Å². The maximum atomic E-state index is 13.0.